The number of amides is 2. The van der Waals surface area contributed by atoms with E-state index in [0.717, 1.165) is 12.2 Å². The lowest BCUT2D eigenvalue weighted by molar-refractivity contribution is -0.135. The van der Waals surface area contributed by atoms with Crippen LogP contribution in [0.5, 0.6) is 0 Å². The van der Waals surface area contributed by atoms with Crippen molar-refractivity contribution in [1.82, 2.24) is 10.2 Å². The number of carbonyl (C=O) groups is 2. The van der Waals surface area contributed by atoms with E-state index in [1.165, 1.54) is 4.90 Å². The average Bonchev–Trinajstić information content (AvgIpc) is 2.39. The van der Waals surface area contributed by atoms with Crippen molar-refractivity contribution in [3.05, 3.63) is 0 Å². The molecule has 0 saturated heterocycles. The van der Waals surface area contributed by atoms with Gasteiger partial charge in [0, 0.05) is 27.3 Å². The van der Waals surface area contributed by atoms with Gasteiger partial charge in [-0.15, -0.1) is 0 Å². The number of carbonyl (C=O) groups excluding carboxylic acids is 2. The summed E-state index contributed by atoms with van der Waals surface area (Å²) in [5, 5.41) is 2.73. The summed E-state index contributed by atoms with van der Waals surface area (Å²) in [5.41, 5.74) is 5.77. The van der Waals surface area contributed by atoms with E-state index in [1.54, 1.807) is 25.9 Å². The van der Waals surface area contributed by atoms with Gasteiger partial charge in [-0.3, -0.25) is 9.59 Å². The van der Waals surface area contributed by atoms with Crippen molar-refractivity contribution in [2.75, 3.05) is 45.9 Å². The fraction of sp³-hybridized carbons (Fsp3) is 0.833. The van der Waals surface area contributed by atoms with Gasteiger partial charge in [-0.05, 0) is 24.9 Å². The van der Waals surface area contributed by atoms with Gasteiger partial charge in [0.2, 0.25) is 11.8 Å². The van der Waals surface area contributed by atoms with Crippen molar-refractivity contribution in [3.8, 4) is 0 Å². The monoisotopic (exact) mass is 291 g/mol. The minimum atomic E-state index is -0.529. The third-order valence-corrected chi connectivity index (χ3v) is 3.20. The number of hydrogen-bond donors (Lipinski definition) is 2. The molecule has 3 N–H and O–H groups in total. The predicted molar refractivity (Wildman–Crippen MR) is 78.1 cm³/mol. The fourth-order valence-corrected chi connectivity index (χ4v) is 1.93. The number of likely N-dealkylation sites (N-methyl/N-ethyl adjacent to an activating group) is 1. The van der Waals surface area contributed by atoms with Crippen LogP contribution >= 0.6 is 11.8 Å². The van der Waals surface area contributed by atoms with Crippen LogP contribution in [0, 0.1) is 0 Å². The number of nitrogens with one attached hydrogen (secondary N) is 1. The van der Waals surface area contributed by atoms with Crippen LogP contribution in [0.4, 0.5) is 0 Å². The maximum Gasteiger partial charge on any atom is 0.239 e. The van der Waals surface area contributed by atoms with E-state index in [0.29, 0.717) is 19.6 Å². The maximum atomic E-state index is 11.9. The van der Waals surface area contributed by atoms with Crippen molar-refractivity contribution in [2.45, 2.75) is 18.9 Å². The third-order valence-electron chi connectivity index (χ3n) is 2.55. The molecule has 0 spiro atoms. The zero-order chi connectivity index (χ0) is 14.7. The number of ether oxygens (including phenoxy) is 1. The molecule has 0 rings (SSSR count). The molecule has 0 unspecified atom stereocenters. The molecule has 0 fully saturated rings. The number of hydrogen-bond acceptors (Lipinski definition) is 5. The van der Waals surface area contributed by atoms with Gasteiger partial charge < -0.3 is 20.7 Å². The van der Waals surface area contributed by atoms with Gasteiger partial charge in [0.25, 0.3) is 0 Å². The number of nitrogens with two attached hydrogens (primary N) is 1. The average molecular weight is 291 g/mol. The van der Waals surface area contributed by atoms with E-state index in [4.69, 9.17) is 10.5 Å². The quantitative estimate of drug-likeness (QED) is 0.539. The van der Waals surface area contributed by atoms with Gasteiger partial charge >= 0.3 is 0 Å². The molecular weight excluding hydrogens is 266 g/mol. The molecule has 0 radical (unpaired) electrons. The van der Waals surface area contributed by atoms with Crippen LogP contribution in [0.15, 0.2) is 0 Å². The molecule has 6 nitrogen and oxygen atoms in total. The van der Waals surface area contributed by atoms with Crippen LogP contribution in [0.1, 0.15) is 12.8 Å². The first-order valence-electron chi connectivity index (χ1n) is 6.28. The first kappa shape index (κ1) is 18.2. The third kappa shape index (κ3) is 8.85. The van der Waals surface area contributed by atoms with E-state index >= 15 is 0 Å². The molecule has 0 aromatic heterocycles. The SMILES string of the molecule is COCCCNC(=O)CN(C)C(=O)[C@@H](N)CCSC. The fourth-order valence-electron chi connectivity index (χ4n) is 1.44. The van der Waals surface area contributed by atoms with Gasteiger partial charge in [-0.1, -0.05) is 0 Å². The molecule has 112 valence electrons. The second-order valence-corrected chi connectivity index (χ2v) is 5.26. The van der Waals surface area contributed by atoms with Crippen molar-refractivity contribution in [1.29, 1.82) is 0 Å². The predicted octanol–water partition coefficient (Wildman–Crippen LogP) is -0.322. The highest BCUT2D eigenvalue weighted by molar-refractivity contribution is 7.98. The minimum Gasteiger partial charge on any atom is -0.385 e. The summed E-state index contributed by atoms with van der Waals surface area (Å²) in [6.07, 6.45) is 3.35. The standard InChI is InChI=1S/C12H25N3O3S/c1-15(12(17)10(13)5-8-19-3)9-11(16)14-6-4-7-18-2/h10H,4-9,13H2,1-3H3,(H,14,16)/t10-/m0/s1. The number of thioether (sulfide) groups is 1. The first-order chi connectivity index (χ1) is 9.02. The summed E-state index contributed by atoms with van der Waals surface area (Å²) < 4.78 is 4.88. The summed E-state index contributed by atoms with van der Waals surface area (Å²) in [6, 6.07) is -0.529. The van der Waals surface area contributed by atoms with Gasteiger partial charge in [0.05, 0.1) is 12.6 Å². The molecular formula is C12H25N3O3S. The van der Waals surface area contributed by atoms with Gasteiger partial charge in [0.15, 0.2) is 0 Å². The van der Waals surface area contributed by atoms with Crippen molar-refractivity contribution < 1.29 is 14.3 Å². The highest BCUT2D eigenvalue weighted by Crippen LogP contribution is 2.01. The Balaban J connectivity index is 3.90. The van der Waals surface area contributed by atoms with Gasteiger partial charge in [-0.2, -0.15) is 11.8 Å². The lowest BCUT2D eigenvalue weighted by Gasteiger charge is -2.20. The second kappa shape index (κ2) is 11.1. The molecule has 0 aromatic rings. The Kier molecular flexibility index (Phi) is 10.6. The molecule has 0 saturated carbocycles. The number of nitrogens with zero attached hydrogens (tertiary/aromatic N) is 1. The topological polar surface area (TPSA) is 84.7 Å². The Morgan fingerprint density at radius 1 is 1.47 bits per heavy atom. The first-order valence-corrected chi connectivity index (χ1v) is 7.67. The van der Waals surface area contributed by atoms with Crippen LogP contribution in [0.3, 0.4) is 0 Å². The molecule has 0 aliphatic rings. The Bertz CT molecular complexity index is 277. The highest BCUT2D eigenvalue weighted by Gasteiger charge is 2.19. The van der Waals surface area contributed by atoms with Gasteiger partial charge in [0.1, 0.15) is 0 Å². The summed E-state index contributed by atoms with van der Waals surface area (Å²) in [6.45, 7) is 1.20. The highest BCUT2D eigenvalue weighted by atomic mass is 32.2. The van der Waals surface area contributed by atoms with Crippen molar-refractivity contribution in [2.24, 2.45) is 5.73 Å². The minimum absolute atomic E-state index is 0.0405. The van der Waals surface area contributed by atoms with E-state index in [2.05, 4.69) is 5.32 Å². The van der Waals surface area contributed by atoms with E-state index in [1.807, 2.05) is 6.26 Å². The summed E-state index contributed by atoms with van der Waals surface area (Å²) in [5.74, 6) is 0.467. The van der Waals surface area contributed by atoms with Crippen LogP contribution in [-0.4, -0.2) is 68.6 Å². The Morgan fingerprint density at radius 2 is 2.16 bits per heavy atom. The summed E-state index contributed by atoms with van der Waals surface area (Å²) >= 11 is 1.65. The van der Waals surface area contributed by atoms with Crippen molar-refractivity contribution in [3.63, 3.8) is 0 Å². The number of rotatable bonds is 10. The molecule has 0 aliphatic heterocycles. The zero-order valence-electron chi connectivity index (χ0n) is 12.0. The second-order valence-electron chi connectivity index (χ2n) is 4.28. The largest absolute Gasteiger partial charge is 0.385 e. The molecule has 1 atom stereocenters. The Hall–Kier alpha value is -0.790. The lowest BCUT2D eigenvalue weighted by Crippen LogP contribution is -2.46. The smallest absolute Gasteiger partial charge is 0.239 e. The van der Waals surface area contributed by atoms with Crippen LogP contribution in [0.2, 0.25) is 0 Å². The van der Waals surface area contributed by atoms with Crippen molar-refractivity contribution >= 4 is 23.6 Å². The molecule has 0 heterocycles. The van der Waals surface area contributed by atoms with E-state index in [9.17, 15) is 9.59 Å². The van der Waals surface area contributed by atoms with Crippen LogP contribution in [0.25, 0.3) is 0 Å². The maximum absolute atomic E-state index is 11.9. The summed E-state index contributed by atoms with van der Waals surface area (Å²) in [7, 11) is 3.21. The normalized spacial score (nSPS) is 12.0. The zero-order valence-corrected chi connectivity index (χ0v) is 12.8. The Morgan fingerprint density at radius 3 is 2.74 bits per heavy atom. The van der Waals surface area contributed by atoms with E-state index in [-0.39, 0.29) is 18.4 Å². The molecule has 0 aliphatic carbocycles. The molecule has 2 amide bonds. The molecule has 7 heteroatoms. The van der Waals surface area contributed by atoms with Gasteiger partial charge in [-0.25, -0.2) is 0 Å². The Labute approximate surface area is 119 Å². The van der Waals surface area contributed by atoms with Crippen LogP contribution < -0.4 is 11.1 Å². The molecule has 19 heavy (non-hydrogen) atoms. The van der Waals surface area contributed by atoms with Crippen LogP contribution in [-0.2, 0) is 14.3 Å². The lowest BCUT2D eigenvalue weighted by atomic mass is 10.2. The van der Waals surface area contributed by atoms with E-state index < -0.39 is 6.04 Å². The molecule has 0 bridgehead atoms. The molecule has 0 aromatic carbocycles. The summed E-state index contributed by atoms with van der Waals surface area (Å²) in [4.78, 5) is 24.8. The number of methoxy groups -OCH3 is 1.